The van der Waals surface area contributed by atoms with E-state index in [0.717, 1.165) is 31.4 Å². The van der Waals surface area contributed by atoms with Crippen molar-refractivity contribution in [2.24, 2.45) is 0 Å². The van der Waals surface area contributed by atoms with E-state index in [-0.39, 0.29) is 5.52 Å². The summed E-state index contributed by atoms with van der Waals surface area (Å²) in [6, 6.07) is 0.949. The number of aliphatic hydroxyl groups excluding tert-OH is 10. The lowest BCUT2D eigenvalue weighted by Crippen LogP contribution is -2.42. The number of ether oxygens (including phenoxy) is 2. The first-order valence-electron chi connectivity index (χ1n) is 16.1. The van der Waals surface area contributed by atoms with E-state index in [4.69, 9.17) is 9.47 Å². The first-order valence-corrected chi connectivity index (χ1v) is 16.1. The fourth-order valence-corrected chi connectivity index (χ4v) is 5.02. The molecule has 21 nitrogen and oxygen atoms in total. The summed E-state index contributed by atoms with van der Waals surface area (Å²) in [6.07, 6.45) is -3.88. The second-order valence-electron chi connectivity index (χ2n) is 11.1. The molecule has 21 heteroatoms. The van der Waals surface area contributed by atoms with Gasteiger partial charge in [-0.05, 0) is 0 Å². The van der Waals surface area contributed by atoms with Crippen LogP contribution in [0, 0.1) is 0 Å². The summed E-state index contributed by atoms with van der Waals surface area (Å²) < 4.78 is 11.6. The molecule has 2 aromatic rings. The van der Waals surface area contributed by atoms with Crippen molar-refractivity contribution < 1.29 is 84.5 Å². The number of fused-ring (bicyclic) bond motifs is 1. The number of hydrogen-bond donors (Lipinski definition) is 10. The highest BCUT2D eigenvalue weighted by Crippen LogP contribution is 2.38. The lowest BCUT2D eigenvalue weighted by molar-refractivity contribution is -0.140. The lowest BCUT2D eigenvalue weighted by Gasteiger charge is -2.28. The number of carbonyl (C=O) groups excluding carboxylic acids is 5. The van der Waals surface area contributed by atoms with Gasteiger partial charge in [0.1, 0.15) is 0 Å². The zero-order valence-corrected chi connectivity index (χ0v) is 28.2. The number of pyridine rings is 1. The summed E-state index contributed by atoms with van der Waals surface area (Å²) in [5.41, 5.74) is -2.35. The van der Waals surface area contributed by atoms with Gasteiger partial charge in [-0.25, -0.2) is 0 Å². The van der Waals surface area contributed by atoms with Gasteiger partial charge in [-0.1, -0.05) is 0 Å². The number of aromatic nitrogens is 1. The monoisotopic (exact) mass is 746 g/mol. The number of amides is 3. The number of rotatable bonds is 23. The third kappa shape index (κ3) is 11.4. The Balaban J connectivity index is 3.24. The summed E-state index contributed by atoms with van der Waals surface area (Å²) >= 11 is 0. The van der Waals surface area contributed by atoms with E-state index < -0.39 is 175 Å². The average Bonchev–Trinajstić information content (AvgIpc) is 3.44. The zero-order valence-electron chi connectivity index (χ0n) is 28.2. The molecule has 10 N–H and O–H groups in total. The van der Waals surface area contributed by atoms with Crippen molar-refractivity contribution in [3.63, 3.8) is 0 Å². The Bertz CT molecular complexity index is 1500. The molecular formula is C31H46N4O17. The van der Waals surface area contributed by atoms with Gasteiger partial charge in [0.05, 0.1) is 100 Å². The maximum absolute atomic E-state index is 14.4. The van der Waals surface area contributed by atoms with E-state index in [2.05, 4.69) is 0 Å². The zero-order chi connectivity index (χ0) is 39.0. The molecule has 52 heavy (non-hydrogen) atoms. The van der Waals surface area contributed by atoms with Gasteiger partial charge in [-0.2, -0.15) is 0 Å². The molecule has 0 bridgehead atoms. The number of esters is 2. The molecule has 0 aliphatic carbocycles. The Morgan fingerprint density at radius 3 is 1.37 bits per heavy atom. The SMILES string of the molecule is O=C(CC(O)CO)Oc1cc2c(C(=O)N(CCO)CCO)c(C(=O)N(CCO)CCO)c(C(=O)N(CCO)CCO)cn2c1OC(=O)CC(O)CO. The van der Waals surface area contributed by atoms with Gasteiger partial charge in [-0.3, -0.25) is 28.4 Å². The highest BCUT2D eigenvalue weighted by Gasteiger charge is 2.36. The van der Waals surface area contributed by atoms with Crippen LogP contribution in [0.4, 0.5) is 0 Å². The molecule has 0 aromatic carbocycles. The molecular weight excluding hydrogens is 700 g/mol. The third-order valence-corrected chi connectivity index (χ3v) is 7.39. The maximum atomic E-state index is 14.4. The second-order valence-corrected chi connectivity index (χ2v) is 11.1. The van der Waals surface area contributed by atoms with E-state index in [0.29, 0.717) is 0 Å². The van der Waals surface area contributed by atoms with E-state index >= 15 is 0 Å². The van der Waals surface area contributed by atoms with Crippen LogP contribution in [0.2, 0.25) is 0 Å². The summed E-state index contributed by atoms with van der Waals surface area (Å²) in [4.78, 5) is 71.3. The van der Waals surface area contributed by atoms with Crippen molar-refractivity contribution in [2.45, 2.75) is 25.0 Å². The topological polar surface area (TPSA) is 320 Å². The van der Waals surface area contributed by atoms with Crippen molar-refractivity contribution in [2.75, 3.05) is 92.1 Å². The summed E-state index contributed by atoms with van der Waals surface area (Å²) in [6.45, 7) is -7.93. The molecule has 2 rings (SSSR count). The molecule has 0 aliphatic heterocycles. The highest BCUT2D eigenvalue weighted by molar-refractivity contribution is 6.17. The van der Waals surface area contributed by atoms with Crippen molar-refractivity contribution >= 4 is 35.2 Å². The van der Waals surface area contributed by atoms with Crippen LogP contribution < -0.4 is 9.47 Å². The molecule has 0 saturated carbocycles. The summed E-state index contributed by atoms with van der Waals surface area (Å²) in [7, 11) is 0. The van der Waals surface area contributed by atoms with Gasteiger partial charge >= 0.3 is 11.9 Å². The molecule has 0 fully saturated rings. The lowest BCUT2D eigenvalue weighted by atomic mass is 9.98. The van der Waals surface area contributed by atoms with Crippen LogP contribution in [0.3, 0.4) is 0 Å². The molecule has 0 aliphatic rings. The smallest absolute Gasteiger partial charge is 0.315 e. The minimum absolute atomic E-state index is 0.384. The van der Waals surface area contributed by atoms with Gasteiger partial charge in [0.2, 0.25) is 0 Å². The van der Waals surface area contributed by atoms with E-state index in [1.54, 1.807) is 0 Å². The second kappa shape index (κ2) is 21.9. The van der Waals surface area contributed by atoms with Crippen molar-refractivity contribution in [3.8, 4) is 11.6 Å². The minimum Gasteiger partial charge on any atom is -0.421 e. The number of carbonyl (C=O) groups is 5. The molecule has 2 atom stereocenters. The van der Waals surface area contributed by atoms with Gasteiger partial charge in [0.25, 0.3) is 23.6 Å². The fraction of sp³-hybridized carbons (Fsp3) is 0.581. The van der Waals surface area contributed by atoms with Gasteiger partial charge in [-0.15, -0.1) is 0 Å². The number of nitrogens with zero attached hydrogens (tertiary/aromatic N) is 4. The predicted molar refractivity (Wildman–Crippen MR) is 174 cm³/mol. The van der Waals surface area contributed by atoms with E-state index in [1.165, 1.54) is 0 Å². The Hall–Kier alpha value is -4.29. The Morgan fingerprint density at radius 1 is 0.577 bits per heavy atom. The quantitative estimate of drug-likeness (QED) is 0.0474. The Morgan fingerprint density at radius 2 is 0.962 bits per heavy atom. The summed E-state index contributed by atoms with van der Waals surface area (Å²) in [5.74, 6) is -7.05. The fourth-order valence-electron chi connectivity index (χ4n) is 5.02. The van der Waals surface area contributed by atoms with Crippen LogP contribution in [-0.4, -0.2) is 204 Å². The molecule has 0 saturated heterocycles. The predicted octanol–water partition coefficient (Wildman–Crippen LogP) is -5.48. The molecule has 2 heterocycles. The van der Waals surface area contributed by atoms with Crippen molar-refractivity contribution in [1.29, 1.82) is 0 Å². The standard InChI is InChI=1S/C31H46N4O17/c36-7-1-32(2-8-37)28(48)21-16-35-22(15-23(51-24(46)13-19(44)17-42)31(35)52-25(47)14-20(45)18-43)27(30(50)34(5-11-40)6-12-41)26(21)29(49)33(3-9-38)4-10-39/h15-16,19-20,36-45H,1-14,17-18H2. The van der Waals surface area contributed by atoms with Crippen LogP contribution in [-0.2, 0) is 9.59 Å². The van der Waals surface area contributed by atoms with Crippen LogP contribution in [0.15, 0.2) is 12.3 Å². The van der Waals surface area contributed by atoms with Crippen LogP contribution in [0.5, 0.6) is 11.6 Å². The normalized spacial score (nSPS) is 12.3. The van der Waals surface area contributed by atoms with Crippen molar-refractivity contribution in [3.05, 3.63) is 29.0 Å². The molecule has 2 unspecified atom stereocenters. The molecule has 0 spiro atoms. The average molecular weight is 747 g/mol. The van der Waals surface area contributed by atoms with Gasteiger partial charge in [0, 0.05) is 51.5 Å². The first-order chi connectivity index (χ1) is 24.9. The molecule has 2 aromatic heterocycles. The minimum atomic E-state index is -1.61. The first kappa shape index (κ1) is 43.9. The maximum Gasteiger partial charge on any atom is 0.315 e. The number of aliphatic hydroxyl groups is 10. The van der Waals surface area contributed by atoms with E-state index in [1.807, 2.05) is 0 Å². The van der Waals surface area contributed by atoms with Crippen LogP contribution in [0.1, 0.15) is 43.9 Å². The van der Waals surface area contributed by atoms with E-state index in [9.17, 15) is 75.0 Å². The van der Waals surface area contributed by atoms with Crippen LogP contribution >= 0.6 is 0 Å². The molecule has 3 amide bonds. The third-order valence-electron chi connectivity index (χ3n) is 7.39. The Kier molecular flexibility index (Phi) is 18.5. The Labute approximate surface area is 296 Å². The largest absolute Gasteiger partial charge is 0.421 e. The molecule has 0 radical (unpaired) electrons. The number of hydrogen-bond acceptors (Lipinski definition) is 17. The summed E-state index contributed by atoms with van der Waals surface area (Å²) in [5, 5.41) is 96.3. The van der Waals surface area contributed by atoms with Crippen molar-refractivity contribution in [1.82, 2.24) is 19.1 Å². The van der Waals surface area contributed by atoms with Crippen LogP contribution in [0.25, 0.3) is 5.52 Å². The molecule has 292 valence electrons. The van der Waals surface area contributed by atoms with Gasteiger partial charge in [0.15, 0.2) is 5.75 Å². The highest BCUT2D eigenvalue weighted by atomic mass is 16.6. The van der Waals surface area contributed by atoms with Gasteiger partial charge < -0.3 is 75.2 Å².